The van der Waals surface area contributed by atoms with Crippen LogP contribution in [0.5, 0.6) is 23.0 Å². The van der Waals surface area contributed by atoms with Crippen LogP contribution in [0.1, 0.15) is 0 Å². The smallest absolute Gasteiger partial charge is 0.235 e. The van der Waals surface area contributed by atoms with E-state index in [4.69, 9.17) is 29.4 Å². The quantitative estimate of drug-likeness (QED) is 0.158. The summed E-state index contributed by atoms with van der Waals surface area (Å²) in [5.74, 6) is 4.28. The molecule has 2 aliphatic heterocycles. The molecule has 25 rings (SSSR count). The van der Waals surface area contributed by atoms with Crippen LogP contribution in [-0.2, 0) is 0 Å². The summed E-state index contributed by atoms with van der Waals surface area (Å²) < 4.78 is 22.3. The Balaban J connectivity index is 0.638. The second-order valence-corrected chi connectivity index (χ2v) is 29.3. The lowest BCUT2D eigenvalue weighted by Crippen LogP contribution is -2.06. The molecule has 0 spiro atoms. The fourth-order valence-corrected chi connectivity index (χ4v) is 18.2. The predicted molar refractivity (Wildman–Crippen MR) is 450 cm³/mol. The van der Waals surface area contributed by atoms with Crippen LogP contribution in [0.3, 0.4) is 0 Å². The molecule has 0 fully saturated rings. The Kier molecular flexibility index (Phi) is 12.0. The summed E-state index contributed by atoms with van der Waals surface area (Å²) in [5, 5.41) is 18.0. The average molecular weight is 1400 g/mol. The van der Waals surface area contributed by atoms with Gasteiger partial charge in [0.1, 0.15) is 23.0 Å². The van der Waals surface area contributed by atoms with E-state index in [2.05, 4.69) is 303 Å². The maximum Gasteiger partial charge on any atom is 0.235 e. The van der Waals surface area contributed by atoms with Gasteiger partial charge in [-0.25, -0.2) is 19.9 Å². The van der Waals surface area contributed by atoms with Crippen LogP contribution in [0.4, 0.5) is 0 Å². The number of ether oxygens (including phenoxy) is 2. The third-order valence-corrected chi connectivity index (χ3v) is 23.3. The number of nitrogens with zero attached hydrogens (tertiary/aromatic N) is 8. The summed E-state index contributed by atoms with van der Waals surface area (Å²) in [6, 6.07) is 123. The van der Waals surface area contributed by atoms with Gasteiger partial charge in [0.05, 0.1) is 77.3 Å². The Morgan fingerprint density at radius 1 is 0.200 bits per heavy atom. The molecule has 23 aromatic rings. The van der Waals surface area contributed by atoms with Crippen LogP contribution in [0.15, 0.2) is 340 Å². The highest BCUT2D eigenvalue weighted by atomic mass is 16.5. The molecule has 110 heavy (non-hydrogen) atoms. The summed E-state index contributed by atoms with van der Waals surface area (Å²) in [6.07, 6.45) is 0. The van der Waals surface area contributed by atoms with Crippen LogP contribution in [0, 0.1) is 0 Å². The fourth-order valence-electron chi connectivity index (χ4n) is 18.2. The number of rotatable bonds is 7. The van der Waals surface area contributed by atoms with Gasteiger partial charge in [-0.2, -0.15) is 0 Å². The van der Waals surface area contributed by atoms with E-state index in [-0.39, 0.29) is 0 Å². The highest BCUT2D eigenvalue weighted by Crippen LogP contribution is 2.50. The molecule has 0 radical (unpaired) electrons. The minimum absolute atomic E-state index is 0.592. The number of benzene rings is 17. The van der Waals surface area contributed by atoms with Gasteiger partial charge in [-0.05, 0) is 229 Å². The zero-order valence-corrected chi connectivity index (χ0v) is 58.7. The number of fused-ring (bicyclic) bond motifs is 19. The molecule has 0 saturated heterocycles. The highest BCUT2D eigenvalue weighted by Gasteiger charge is 2.29. The van der Waals surface area contributed by atoms with Gasteiger partial charge in [-0.1, -0.05) is 176 Å². The molecule has 0 atom stereocenters. The second-order valence-electron chi connectivity index (χ2n) is 29.3. The maximum atomic E-state index is 6.52. The van der Waals surface area contributed by atoms with E-state index >= 15 is 0 Å². The first-order valence-corrected chi connectivity index (χ1v) is 37.3. The van der Waals surface area contributed by atoms with E-state index in [1.165, 1.54) is 43.2 Å². The van der Waals surface area contributed by atoms with Crippen molar-refractivity contribution in [1.29, 1.82) is 0 Å². The molecule has 6 aromatic heterocycles. The largest absolute Gasteiger partial charge is 0.456 e. The Morgan fingerprint density at radius 2 is 0.591 bits per heavy atom. The monoisotopic (exact) mass is 1400 g/mol. The van der Waals surface area contributed by atoms with Crippen molar-refractivity contribution in [1.82, 2.24) is 38.2 Å². The van der Waals surface area contributed by atoms with E-state index in [0.717, 1.165) is 188 Å². The van der Waals surface area contributed by atoms with E-state index in [9.17, 15) is 0 Å². The molecule has 508 valence electrons. The zero-order valence-electron chi connectivity index (χ0n) is 58.7. The van der Waals surface area contributed by atoms with Crippen LogP contribution in [0.2, 0.25) is 0 Å². The van der Waals surface area contributed by atoms with Crippen molar-refractivity contribution < 1.29 is 9.47 Å². The van der Waals surface area contributed by atoms with Crippen molar-refractivity contribution in [2.45, 2.75) is 0 Å². The van der Waals surface area contributed by atoms with Crippen molar-refractivity contribution in [3.05, 3.63) is 340 Å². The van der Waals surface area contributed by atoms with Crippen LogP contribution < -0.4 is 9.47 Å². The molecule has 10 heteroatoms. The molecule has 0 saturated carbocycles. The normalized spacial score (nSPS) is 12.5. The number of hydrogen-bond acceptors (Lipinski definition) is 6. The molecule has 2 aliphatic rings. The topological polar surface area (TPSA) is 89.7 Å². The SMILES string of the molecule is c1ccc(-n2c3ccc(-c4ccc5c(c4)c4cc6ccccc6cc4n5-c4nc5c6c(cccc6n4)Oc4ccccc4-5)cc3c3ccc(-c4ccc5cc6c7cc(-c8ccc9c(c8)c8ccccc8n9-c8ccc9ccccc9c8)ccc7n(-c7nc8c9c(cccc9n7)Oc7ccccc7-8)c6cc5c4)cc32)cc1. The first-order chi connectivity index (χ1) is 54.5. The van der Waals surface area contributed by atoms with Gasteiger partial charge in [0.2, 0.25) is 11.9 Å². The molecular formula is C100H56N8O2. The van der Waals surface area contributed by atoms with Crippen LogP contribution in [0.25, 0.3) is 221 Å². The number of para-hydroxylation sites is 4. The molecular weight excluding hydrogens is 1350 g/mol. The minimum Gasteiger partial charge on any atom is -0.456 e. The lowest BCUT2D eigenvalue weighted by molar-refractivity contribution is 0.486. The standard InChI is InChI=1S/C100H56N8O2/c1-2-20-69(21-3-1)105-84-42-36-63(65-38-44-86-77(51-65)79-48-59-18-6-7-19-60(59)54-89(79)107(86)99-101-81-25-14-30-93-95(81)97(103-99)73-23-9-12-28-91(73)109-93)50-76(84)72-41-35-67(55-88(72)105)61-32-33-66-53-80-78-52-64(62-37-43-85-75(49-62)71-22-8-11-27-83(71)106(85)70-40-34-57-16-4-5-17-58(57)47-70)39-45-87(78)108(90(80)56-68(66)46-61)100-102-82-26-15-31-94-96(82)98(104-100)74-24-10-13-29-92(74)110-94/h1-56H. The summed E-state index contributed by atoms with van der Waals surface area (Å²) in [7, 11) is 0. The average Bonchev–Trinajstić information content (AvgIpc) is 1.41. The molecule has 0 amide bonds. The van der Waals surface area contributed by atoms with Crippen LogP contribution in [-0.4, -0.2) is 38.2 Å². The molecule has 0 aliphatic carbocycles. The molecule has 0 bridgehead atoms. The summed E-state index contributed by atoms with van der Waals surface area (Å²) in [6.45, 7) is 0. The van der Waals surface area contributed by atoms with Crippen molar-refractivity contribution in [2.24, 2.45) is 0 Å². The molecule has 0 N–H and O–H groups in total. The van der Waals surface area contributed by atoms with Crippen molar-refractivity contribution >= 4 is 141 Å². The molecule has 10 nitrogen and oxygen atoms in total. The zero-order chi connectivity index (χ0) is 71.6. The van der Waals surface area contributed by atoms with Gasteiger partial charge in [0, 0.05) is 65.6 Å². The first-order valence-electron chi connectivity index (χ1n) is 37.3. The lowest BCUT2D eigenvalue weighted by Gasteiger charge is -2.21. The highest BCUT2D eigenvalue weighted by molar-refractivity contribution is 6.19. The fraction of sp³-hybridized carbons (Fsp3) is 0. The third kappa shape index (κ3) is 8.57. The van der Waals surface area contributed by atoms with Gasteiger partial charge < -0.3 is 18.6 Å². The predicted octanol–water partition coefficient (Wildman–Crippen LogP) is 26.0. The van der Waals surface area contributed by atoms with Crippen molar-refractivity contribution in [3.63, 3.8) is 0 Å². The molecule has 0 unspecified atom stereocenters. The minimum atomic E-state index is 0.592. The molecule has 8 heterocycles. The number of hydrogen-bond donors (Lipinski definition) is 0. The third-order valence-electron chi connectivity index (χ3n) is 23.3. The number of aromatic nitrogens is 8. The summed E-state index contributed by atoms with van der Waals surface area (Å²) in [4.78, 5) is 21.8. The van der Waals surface area contributed by atoms with Gasteiger partial charge in [-0.3, -0.25) is 9.13 Å². The van der Waals surface area contributed by atoms with Gasteiger partial charge in [0.15, 0.2) is 0 Å². The first kappa shape index (κ1) is 59.3. The van der Waals surface area contributed by atoms with Gasteiger partial charge in [-0.15, -0.1) is 0 Å². The van der Waals surface area contributed by atoms with E-state index in [1.807, 2.05) is 54.6 Å². The summed E-state index contributed by atoms with van der Waals surface area (Å²) >= 11 is 0. The van der Waals surface area contributed by atoms with Crippen molar-refractivity contribution in [3.8, 4) is 102 Å². The van der Waals surface area contributed by atoms with Crippen molar-refractivity contribution in [2.75, 3.05) is 0 Å². The van der Waals surface area contributed by atoms with Gasteiger partial charge >= 0.3 is 0 Å². The van der Waals surface area contributed by atoms with Crippen LogP contribution >= 0.6 is 0 Å². The second kappa shape index (κ2) is 22.3. The van der Waals surface area contributed by atoms with E-state index in [1.54, 1.807) is 0 Å². The maximum absolute atomic E-state index is 6.52. The Bertz CT molecular complexity index is 8060. The van der Waals surface area contributed by atoms with E-state index in [0.29, 0.717) is 11.9 Å². The van der Waals surface area contributed by atoms with Gasteiger partial charge in [0.25, 0.3) is 0 Å². The Labute approximate surface area is 627 Å². The Morgan fingerprint density at radius 3 is 1.19 bits per heavy atom. The van der Waals surface area contributed by atoms with E-state index < -0.39 is 0 Å². The Hall–Kier alpha value is -15.0. The molecule has 17 aromatic carbocycles. The summed E-state index contributed by atoms with van der Waals surface area (Å²) in [5.41, 5.74) is 22.9. The lowest BCUT2D eigenvalue weighted by atomic mass is 9.97.